The molecule has 1 heterocycles. The second kappa shape index (κ2) is 9.39. The number of nitrogens with one attached hydrogen (secondary N) is 1. The number of unbranched alkanes of at least 4 members (excludes halogenated alkanes) is 1. The Kier molecular flexibility index (Phi) is 6.67. The van der Waals surface area contributed by atoms with Crippen LogP contribution in [0, 0.1) is 24.0 Å². The van der Waals surface area contributed by atoms with Gasteiger partial charge in [-0.05, 0) is 43.5 Å². The third-order valence-corrected chi connectivity index (χ3v) is 5.38. The van der Waals surface area contributed by atoms with Crippen LogP contribution in [-0.2, 0) is 6.54 Å². The third-order valence-electron chi connectivity index (χ3n) is 5.38. The Balaban J connectivity index is 2.09. The zero-order valence-corrected chi connectivity index (χ0v) is 17.6. The number of hydrogen-bond acceptors (Lipinski definition) is 3. The molecule has 3 rings (SSSR count). The van der Waals surface area contributed by atoms with E-state index in [0.717, 1.165) is 40.9 Å². The molecule has 0 saturated carbocycles. The summed E-state index contributed by atoms with van der Waals surface area (Å²) in [5.41, 5.74) is 5.29. The van der Waals surface area contributed by atoms with Gasteiger partial charge in [0.1, 0.15) is 0 Å². The second-order valence-electron chi connectivity index (χ2n) is 7.41. The van der Waals surface area contributed by atoms with Gasteiger partial charge < -0.3 is 9.88 Å². The number of nitrogens with zero attached hydrogens (tertiary/aromatic N) is 2. The van der Waals surface area contributed by atoms with Crippen LogP contribution in [0.1, 0.15) is 47.1 Å². The number of nitro groups is 1. The number of non-ortho nitro benzene ring substituents is 1. The summed E-state index contributed by atoms with van der Waals surface area (Å²) < 4.78 is 2.14. The number of nitro benzene ring substituents is 1. The van der Waals surface area contributed by atoms with E-state index in [1.165, 1.54) is 12.1 Å². The van der Waals surface area contributed by atoms with Crippen molar-refractivity contribution in [1.29, 1.82) is 0 Å². The van der Waals surface area contributed by atoms with E-state index >= 15 is 0 Å². The number of amides is 1. The molecule has 0 aliphatic carbocycles. The highest BCUT2D eigenvalue weighted by molar-refractivity contribution is 6.03. The molecule has 0 atom stereocenters. The van der Waals surface area contributed by atoms with Crippen LogP contribution in [0.5, 0.6) is 0 Å². The predicted molar refractivity (Wildman–Crippen MR) is 119 cm³/mol. The van der Waals surface area contributed by atoms with Crippen LogP contribution >= 0.6 is 0 Å². The first-order chi connectivity index (χ1) is 14.4. The minimum atomic E-state index is -0.416. The topological polar surface area (TPSA) is 77.2 Å². The maximum absolute atomic E-state index is 13.1. The fourth-order valence-electron chi connectivity index (χ4n) is 3.73. The molecule has 156 valence electrons. The summed E-state index contributed by atoms with van der Waals surface area (Å²) in [7, 11) is 0. The van der Waals surface area contributed by atoms with Gasteiger partial charge in [-0.3, -0.25) is 14.9 Å². The summed E-state index contributed by atoms with van der Waals surface area (Å²) in [5.74, 6) is -0.107. The van der Waals surface area contributed by atoms with E-state index in [1.807, 2.05) is 32.0 Å². The Bertz CT molecular complexity index is 1040. The van der Waals surface area contributed by atoms with Crippen molar-refractivity contribution in [3.8, 4) is 11.1 Å². The SMILES string of the molecule is CCCCNC(=O)c1c(-c2ccc([N+](=O)[O-])cc2)c(C)n(Cc2ccccc2)c1C. The molecule has 30 heavy (non-hydrogen) atoms. The highest BCUT2D eigenvalue weighted by Gasteiger charge is 2.24. The molecule has 2 aromatic carbocycles. The molecule has 1 amide bonds. The molecule has 0 spiro atoms. The normalized spacial score (nSPS) is 10.8. The van der Waals surface area contributed by atoms with E-state index in [4.69, 9.17) is 0 Å². The zero-order chi connectivity index (χ0) is 21.7. The van der Waals surface area contributed by atoms with Crippen LogP contribution in [0.3, 0.4) is 0 Å². The summed E-state index contributed by atoms with van der Waals surface area (Å²) in [6, 6.07) is 16.5. The fourth-order valence-corrected chi connectivity index (χ4v) is 3.73. The lowest BCUT2D eigenvalue weighted by Crippen LogP contribution is -2.25. The van der Waals surface area contributed by atoms with Gasteiger partial charge in [-0.15, -0.1) is 0 Å². The van der Waals surface area contributed by atoms with Crippen LogP contribution in [0.15, 0.2) is 54.6 Å². The van der Waals surface area contributed by atoms with E-state index in [1.54, 1.807) is 12.1 Å². The highest BCUT2D eigenvalue weighted by Crippen LogP contribution is 2.34. The van der Waals surface area contributed by atoms with E-state index in [-0.39, 0.29) is 11.6 Å². The second-order valence-corrected chi connectivity index (χ2v) is 7.41. The number of carbonyl (C=O) groups is 1. The molecule has 1 N–H and O–H groups in total. The molecular formula is C24H27N3O3. The maximum Gasteiger partial charge on any atom is 0.269 e. The van der Waals surface area contributed by atoms with Gasteiger partial charge in [0.15, 0.2) is 0 Å². The van der Waals surface area contributed by atoms with Crippen LogP contribution in [0.4, 0.5) is 5.69 Å². The standard InChI is InChI=1S/C24H27N3O3/c1-4-5-15-25-24(28)23-18(3)26(16-19-9-7-6-8-10-19)17(2)22(23)20-11-13-21(14-12-20)27(29)30/h6-14H,4-5,15-16H2,1-3H3,(H,25,28). The van der Waals surface area contributed by atoms with Gasteiger partial charge in [0.25, 0.3) is 11.6 Å². The molecule has 3 aromatic rings. The highest BCUT2D eigenvalue weighted by atomic mass is 16.6. The molecule has 0 unspecified atom stereocenters. The first-order valence-electron chi connectivity index (χ1n) is 10.2. The number of aromatic nitrogens is 1. The Morgan fingerprint density at radius 1 is 1.03 bits per heavy atom. The monoisotopic (exact) mass is 405 g/mol. The van der Waals surface area contributed by atoms with Gasteiger partial charge in [-0.2, -0.15) is 0 Å². The predicted octanol–water partition coefficient (Wildman–Crippen LogP) is 5.26. The smallest absolute Gasteiger partial charge is 0.269 e. The molecule has 1 aromatic heterocycles. The average Bonchev–Trinajstić information content (AvgIpc) is 2.99. The van der Waals surface area contributed by atoms with E-state index < -0.39 is 4.92 Å². The number of carbonyl (C=O) groups excluding carboxylic acids is 1. The number of benzene rings is 2. The van der Waals surface area contributed by atoms with Crippen molar-refractivity contribution in [2.45, 2.75) is 40.2 Å². The van der Waals surface area contributed by atoms with E-state index in [0.29, 0.717) is 18.7 Å². The maximum atomic E-state index is 13.1. The number of hydrogen-bond donors (Lipinski definition) is 1. The van der Waals surface area contributed by atoms with Gasteiger partial charge in [0, 0.05) is 42.2 Å². The van der Waals surface area contributed by atoms with E-state index in [2.05, 4.69) is 28.9 Å². The molecule has 0 fully saturated rings. The van der Waals surface area contributed by atoms with Gasteiger partial charge in [0.05, 0.1) is 10.5 Å². The van der Waals surface area contributed by atoms with Crippen LogP contribution in [0.2, 0.25) is 0 Å². The molecule has 6 heteroatoms. The Labute approximate surface area is 176 Å². The van der Waals surface area contributed by atoms with Gasteiger partial charge >= 0.3 is 0 Å². The molecule has 0 bridgehead atoms. The summed E-state index contributed by atoms with van der Waals surface area (Å²) >= 11 is 0. The summed E-state index contributed by atoms with van der Waals surface area (Å²) in [5, 5.41) is 14.1. The Hall–Kier alpha value is -3.41. The third kappa shape index (κ3) is 4.43. The first kappa shape index (κ1) is 21.3. The molecule has 6 nitrogen and oxygen atoms in total. The van der Waals surface area contributed by atoms with Crippen molar-refractivity contribution < 1.29 is 9.72 Å². The molecule has 0 aliphatic heterocycles. The lowest BCUT2D eigenvalue weighted by atomic mass is 9.99. The van der Waals surface area contributed by atoms with Crippen molar-refractivity contribution >= 4 is 11.6 Å². The largest absolute Gasteiger partial charge is 0.352 e. The fraction of sp³-hybridized carbons (Fsp3) is 0.292. The quantitative estimate of drug-likeness (QED) is 0.315. The Morgan fingerprint density at radius 3 is 2.30 bits per heavy atom. The molecule has 0 radical (unpaired) electrons. The lowest BCUT2D eigenvalue weighted by molar-refractivity contribution is -0.384. The summed E-state index contributed by atoms with van der Waals surface area (Å²) in [6.07, 6.45) is 1.92. The van der Waals surface area contributed by atoms with Crippen LogP contribution < -0.4 is 5.32 Å². The summed E-state index contributed by atoms with van der Waals surface area (Å²) in [4.78, 5) is 23.7. The zero-order valence-electron chi connectivity index (χ0n) is 17.6. The minimum Gasteiger partial charge on any atom is -0.352 e. The Morgan fingerprint density at radius 2 is 1.70 bits per heavy atom. The van der Waals surface area contributed by atoms with Gasteiger partial charge in [-0.25, -0.2) is 0 Å². The molecule has 0 aliphatic rings. The van der Waals surface area contributed by atoms with E-state index in [9.17, 15) is 14.9 Å². The van der Waals surface area contributed by atoms with Crippen LogP contribution in [0.25, 0.3) is 11.1 Å². The van der Waals surface area contributed by atoms with Gasteiger partial charge in [-0.1, -0.05) is 43.7 Å². The average molecular weight is 405 g/mol. The first-order valence-corrected chi connectivity index (χ1v) is 10.2. The number of rotatable bonds is 8. The van der Waals surface area contributed by atoms with Crippen molar-refractivity contribution in [2.75, 3.05) is 6.54 Å². The minimum absolute atomic E-state index is 0.0331. The van der Waals surface area contributed by atoms with Crippen molar-refractivity contribution in [1.82, 2.24) is 9.88 Å². The molecular weight excluding hydrogens is 378 g/mol. The lowest BCUT2D eigenvalue weighted by Gasteiger charge is -2.10. The summed E-state index contributed by atoms with van der Waals surface area (Å²) in [6.45, 7) is 7.31. The van der Waals surface area contributed by atoms with Crippen molar-refractivity contribution in [3.05, 3.63) is 87.2 Å². The van der Waals surface area contributed by atoms with Crippen molar-refractivity contribution in [3.63, 3.8) is 0 Å². The van der Waals surface area contributed by atoms with Crippen molar-refractivity contribution in [2.24, 2.45) is 0 Å². The van der Waals surface area contributed by atoms with Gasteiger partial charge in [0.2, 0.25) is 0 Å². The van der Waals surface area contributed by atoms with Crippen LogP contribution in [-0.4, -0.2) is 21.9 Å². The molecule has 0 saturated heterocycles.